The maximum Gasteiger partial charge on any atom is 0.323 e. The van der Waals surface area contributed by atoms with Crippen molar-refractivity contribution in [3.8, 4) is 0 Å². The average molecular weight is 262 g/mol. The molecule has 0 saturated carbocycles. The molecule has 5 heteroatoms. The van der Waals surface area contributed by atoms with Crippen LogP contribution in [0.3, 0.4) is 0 Å². The van der Waals surface area contributed by atoms with Crippen molar-refractivity contribution in [2.75, 3.05) is 25.0 Å². The monoisotopic (exact) mass is 262 g/mol. The minimum atomic E-state index is -0.988. The molecule has 5 nitrogen and oxygen atoms in total. The van der Waals surface area contributed by atoms with E-state index in [0.717, 1.165) is 30.6 Å². The first-order valence-corrected chi connectivity index (χ1v) is 6.50. The largest absolute Gasteiger partial charge is 0.480 e. The second kappa shape index (κ2) is 5.73. The van der Waals surface area contributed by atoms with Crippen LogP contribution in [0.15, 0.2) is 18.2 Å². The SMILES string of the molecule is CCN(CC(=O)O)C(=O)c1cccc2c1CCCN2. The molecule has 0 unspecified atom stereocenters. The van der Waals surface area contributed by atoms with E-state index >= 15 is 0 Å². The number of carboxylic acids is 1. The molecule has 1 aromatic rings. The Morgan fingerprint density at radius 2 is 2.21 bits per heavy atom. The lowest BCUT2D eigenvalue weighted by atomic mass is 9.97. The molecule has 0 spiro atoms. The number of nitrogens with one attached hydrogen (secondary N) is 1. The van der Waals surface area contributed by atoms with Crippen LogP contribution in [-0.4, -0.2) is 41.5 Å². The number of fused-ring (bicyclic) bond motifs is 1. The number of hydrogen-bond donors (Lipinski definition) is 2. The van der Waals surface area contributed by atoms with Crippen molar-refractivity contribution in [2.45, 2.75) is 19.8 Å². The van der Waals surface area contributed by atoms with E-state index in [9.17, 15) is 9.59 Å². The Labute approximate surface area is 112 Å². The Balaban J connectivity index is 2.30. The zero-order valence-corrected chi connectivity index (χ0v) is 11.0. The van der Waals surface area contributed by atoms with Gasteiger partial charge in [-0.2, -0.15) is 0 Å². The predicted molar refractivity (Wildman–Crippen MR) is 72.5 cm³/mol. The number of aliphatic carboxylic acids is 1. The quantitative estimate of drug-likeness (QED) is 0.864. The Morgan fingerprint density at radius 1 is 1.42 bits per heavy atom. The number of nitrogens with zero attached hydrogens (tertiary/aromatic N) is 1. The second-order valence-corrected chi connectivity index (χ2v) is 4.58. The highest BCUT2D eigenvalue weighted by Crippen LogP contribution is 2.26. The van der Waals surface area contributed by atoms with Gasteiger partial charge in [0.2, 0.25) is 0 Å². The third kappa shape index (κ3) is 2.86. The van der Waals surface area contributed by atoms with Gasteiger partial charge in [-0.05, 0) is 37.5 Å². The molecule has 1 aliphatic heterocycles. The standard InChI is InChI=1S/C14H18N2O3/c1-2-16(9-13(17)18)14(19)11-5-3-7-12-10(11)6-4-8-15-12/h3,5,7,15H,2,4,6,8-9H2,1H3,(H,17,18). The van der Waals surface area contributed by atoms with E-state index in [1.807, 2.05) is 12.1 Å². The normalized spacial score (nSPS) is 13.3. The van der Waals surface area contributed by atoms with E-state index in [0.29, 0.717) is 12.1 Å². The van der Waals surface area contributed by atoms with Gasteiger partial charge in [-0.25, -0.2) is 0 Å². The Bertz CT molecular complexity index is 499. The number of rotatable bonds is 4. The van der Waals surface area contributed by atoms with Gasteiger partial charge in [0, 0.05) is 24.3 Å². The first kappa shape index (κ1) is 13.4. The summed E-state index contributed by atoms with van der Waals surface area (Å²) < 4.78 is 0. The van der Waals surface area contributed by atoms with Crippen LogP contribution in [0, 0.1) is 0 Å². The lowest BCUT2D eigenvalue weighted by Gasteiger charge is -2.24. The van der Waals surface area contributed by atoms with Crippen molar-refractivity contribution >= 4 is 17.6 Å². The summed E-state index contributed by atoms with van der Waals surface area (Å²) in [4.78, 5) is 24.6. The van der Waals surface area contributed by atoms with E-state index < -0.39 is 5.97 Å². The van der Waals surface area contributed by atoms with E-state index in [-0.39, 0.29) is 12.5 Å². The molecule has 0 fully saturated rings. The van der Waals surface area contributed by atoms with Crippen LogP contribution in [0.25, 0.3) is 0 Å². The number of anilines is 1. The average Bonchev–Trinajstić information content (AvgIpc) is 2.43. The summed E-state index contributed by atoms with van der Waals surface area (Å²) in [7, 11) is 0. The molecule has 1 aliphatic rings. The van der Waals surface area contributed by atoms with Gasteiger partial charge in [0.05, 0.1) is 0 Å². The van der Waals surface area contributed by atoms with Crippen LogP contribution in [0.1, 0.15) is 29.3 Å². The summed E-state index contributed by atoms with van der Waals surface area (Å²) in [6.45, 7) is 2.83. The fourth-order valence-electron chi connectivity index (χ4n) is 2.37. The molecule has 0 aliphatic carbocycles. The number of likely N-dealkylation sites (N-methyl/N-ethyl adjacent to an activating group) is 1. The molecule has 102 valence electrons. The van der Waals surface area contributed by atoms with Gasteiger partial charge < -0.3 is 15.3 Å². The molecular formula is C14H18N2O3. The van der Waals surface area contributed by atoms with Gasteiger partial charge in [-0.15, -0.1) is 0 Å². The van der Waals surface area contributed by atoms with Crippen LogP contribution < -0.4 is 5.32 Å². The summed E-state index contributed by atoms with van der Waals surface area (Å²) in [6, 6.07) is 5.57. The van der Waals surface area contributed by atoms with E-state index in [4.69, 9.17) is 5.11 Å². The molecule has 2 N–H and O–H groups in total. The number of hydrogen-bond acceptors (Lipinski definition) is 3. The molecule has 0 bridgehead atoms. The first-order chi connectivity index (χ1) is 9.13. The second-order valence-electron chi connectivity index (χ2n) is 4.58. The highest BCUT2D eigenvalue weighted by atomic mass is 16.4. The molecule has 1 heterocycles. The Morgan fingerprint density at radius 3 is 2.89 bits per heavy atom. The third-order valence-corrected chi connectivity index (χ3v) is 3.32. The molecule has 0 atom stereocenters. The van der Waals surface area contributed by atoms with Gasteiger partial charge >= 0.3 is 5.97 Å². The fraction of sp³-hybridized carbons (Fsp3) is 0.429. The van der Waals surface area contributed by atoms with Gasteiger partial charge in [-0.1, -0.05) is 6.07 Å². The van der Waals surface area contributed by atoms with Crippen molar-refractivity contribution in [1.82, 2.24) is 4.90 Å². The minimum Gasteiger partial charge on any atom is -0.480 e. The minimum absolute atomic E-state index is 0.203. The number of benzene rings is 1. The summed E-state index contributed by atoms with van der Waals surface area (Å²) in [5.41, 5.74) is 2.61. The van der Waals surface area contributed by atoms with E-state index in [2.05, 4.69) is 5.32 Å². The van der Waals surface area contributed by atoms with Gasteiger partial charge in [-0.3, -0.25) is 9.59 Å². The Kier molecular flexibility index (Phi) is 4.04. The highest BCUT2D eigenvalue weighted by Gasteiger charge is 2.22. The topological polar surface area (TPSA) is 69.6 Å². The van der Waals surface area contributed by atoms with Gasteiger partial charge in [0.15, 0.2) is 0 Å². The summed E-state index contributed by atoms with van der Waals surface area (Å²) in [5.74, 6) is -1.19. The van der Waals surface area contributed by atoms with Crippen molar-refractivity contribution in [1.29, 1.82) is 0 Å². The summed E-state index contributed by atoms with van der Waals surface area (Å²) in [5, 5.41) is 12.1. The summed E-state index contributed by atoms with van der Waals surface area (Å²) >= 11 is 0. The number of carboxylic acid groups (broad SMARTS) is 1. The maximum atomic E-state index is 12.4. The van der Waals surface area contributed by atoms with Crippen molar-refractivity contribution < 1.29 is 14.7 Å². The van der Waals surface area contributed by atoms with Crippen LogP contribution in [-0.2, 0) is 11.2 Å². The predicted octanol–water partition coefficient (Wildman–Crippen LogP) is 1.59. The molecule has 0 saturated heterocycles. The lowest BCUT2D eigenvalue weighted by Crippen LogP contribution is -2.36. The Hall–Kier alpha value is -2.04. The van der Waals surface area contributed by atoms with E-state index in [1.165, 1.54) is 4.90 Å². The van der Waals surface area contributed by atoms with Crippen LogP contribution in [0.5, 0.6) is 0 Å². The van der Waals surface area contributed by atoms with Crippen LogP contribution >= 0.6 is 0 Å². The highest BCUT2D eigenvalue weighted by molar-refractivity contribution is 5.98. The molecular weight excluding hydrogens is 244 g/mol. The van der Waals surface area contributed by atoms with E-state index in [1.54, 1.807) is 13.0 Å². The molecule has 19 heavy (non-hydrogen) atoms. The smallest absolute Gasteiger partial charge is 0.323 e. The molecule has 1 aromatic carbocycles. The maximum absolute atomic E-state index is 12.4. The van der Waals surface area contributed by atoms with Crippen LogP contribution in [0.4, 0.5) is 5.69 Å². The number of carbonyl (C=O) groups is 2. The molecule has 1 amide bonds. The molecule has 0 radical (unpaired) electrons. The van der Waals surface area contributed by atoms with Gasteiger partial charge in [0.25, 0.3) is 5.91 Å². The fourth-order valence-corrected chi connectivity index (χ4v) is 2.37. The molecule has 0 aromatic heterocycles. The lowest BCUT2D eigenvalue weighted by molar-refractivity contribution is -0.137. The third-order valence-electron chi connectivity index (χ3n) is 3.32. The van der Waals surface area contributed by atoms with Crippen LogP contribution in [0.2, 0.25) is 0 Å². The molecule has 2 rings (SSSR count). The zero-order valence-electron chi connectivity index (χ0n) is 11.0. The number of carbonyl (C=O) groups excluding carboxylic acids is 1. The van der Waals surface area contributed by atoms with Crippen molar-refractivity contribution in [3.05, 3.63) is 29.3 Å². The zero-order chi connectivity index (χ0) is 13.8. The number of amides is 1. The van der Waals surface area contributed by atoms with Crippen molar-refractivity contribution in [2.24, 2.45) is 0 Å². The summed E-state index contributed by atoms with van der Waals surface area (Å²) in [6.07, 6.45) is 1.84. The van der Waals surface area contributed by atoms with Gasteiger partial charge in [0.1, 0.15) is 6.54 Å². The first-order valence-electron chi connectivity index (χ1n) is 6.50. The van der Waals surface area contributed by atoms with Crippen molar-refractivity contribution in [3.63, 3.8) is 0 Å².